The molecule has 0 bridgehead atoms. The van der Waals surface area contributed by atoms with Crippen molar-refractivity contribution in [3.05, 3.63) is 70.8 Å². The number of rotatable bonds is 6. The summed E-state index contributed by atoms with van der Waals surface area (Å²) in [5.74, 6) is -10.6. The number of carbonyl (C=O) groups is 3. The van der Waals surface area contributed by atoms with Gasteiger partial charge in [0.1, 0.15) is 29.7 Å². The number of urea groups is 1. The molecule has 3 rings (SSSR count). The van der Waals surface area contributed by atoms with Gasteiger partial charge in [0.25, 0.3) is 5.92 Å². The van der Waals surface area contributed by atoms with Crippen LogP contribution in [0.15, 0.2) is 36.4 Å². The number of benzene rings is 2. The molecule has 11 heteroatoms. The molecule has 1 fully saturated rings. The molecule has 0 aliphatic carbocycles. The molecule has 204 valence electrons. The zero-order chi connectivity index (χ0) is 28.7. The summed E-state index contributed by atoms with van der Waals surface area (Å²) < 4.78 is 83.4. The molecule has 5 nitrogen and oxygen atoms in total. The molecule has 0 atom stereocenters. The second-order valence-electron chi connectivity index (χ2n) is 8.32. The lowest BCUT2D eigenvalue weighted by atomic mass is 9.83. The fourth-order valence-corrected chi connectivity index (χ4v) is 3.48. The molecule has 0 saturated carbocycles. The fraction of sp³-hybridized carbons (Fsp3) is 0.423. The Bertz CT molecular complexity index is 1010. The van der Waals surface area contributed by atoms with Crippen LogP contribution in [0.2, 0.25) is 0 Å². The Balaban J connectivity index is 0.00000163. The first-order chi connectivity index (χ1) is 17.2. The van der Waals surface area contributed by atoms with Crippen LogP contribution in [0.3, 0.4) is 0 Å². The number of hydrogen-bond acceptors (Lipinski definition) is 3. The topological polar surface area (TPSA) is 57.7 Å². The van der Waals surface area contributed by atoms with Crippen molar-refractivity contribution < 1.29 is 40.7 Å². The SMILES string of the molecule is CC.CC.CC(C)(CN1C(=O)CC(=O)N(CC(F)(F)c2cc(F)cc(F)c2)C1=O)c1cc(F)cc(F)c1. The predicted molar refractivity (Wildman–Crippen MR) is 126 cm³/mol. The van der Waals surface area contributed by atoms with Crippen LogP contribution in [0.5, 0.6) is 0 Å². The zero-order valence-corrected chi connectivity index (χ0v) is 21.5. The molecule has 0 unspecified atom stereocenters. The van der Waals surface area contributed by atoms with Gasteiger partial charge in [-0.25, -0.2) is 22.4 Å². The smallest absolute Gasteiger partial charge is 0.274 e. The average molecular weight is 533 g/mol. The van der Waals surface area contributed by atoms with Gasteiger partial charge < -0.3 is 0 Å². The molecule has 37 heavy (non-hydrogen) atoms. The minimum atomic E-state index is -4.03. The Hall–Kier alpha value is -3.37. The number of amides is 4. The van der Waals surface area contributed by atoms with Gasteiger partial charge >= 0.3 is 6.03 Å². The maximum Gasteiger partial charge on any atom is 0.333 e. The normalized spacial score (nSPS) is 14.1. The quantitative estimate of drug-likeness (QED) is 0.313. The average Bonchev–Trinajstić information content (AvgIpc) is 2.81. The maximum absolute atomic E-state index is 14.7. The van der Waals surface area contributed by atoms with Gasteiger partial charge in [0.05, 0.1) is 6.54 Å². The highest BCUT2D eigenvalue weighted by Crippen LogP contribution is 2.33. The van der Waals surface area contributed by atoms with Gasteiger partial charge in [-0.1, -0.05) is 41.5 Å². The van der Waals surface area contributed by atoms with Crippen molar-refractivity contribution in [2.75, 3.05) is 13.1 Å². The largest absolute Gasteiger partial charge is 0.333 e. The first kappa shape index (κ1) is 31.7. The van der Waals surface area contributed by atoms with Crippen LogP contribution in [0.1, 0.15) is 59.1 Å². The Labute approximate surface area is 212 Å². The molecule has 0 N–H and O–H groups in total. The molecule has 0 aromatic heterocycles. The highest BCUT2D eigenvalue weighted by atomic mass is 19.3. The van der Waals surface area contributed by atoms with Gasteiger partial charge in [0.15, 0.2) is 0 Å². The Kier molecular flexibility index (Phi) is 10.9. The van der Waals surface area contributed by atoms with E-state index >= 15 is 0 Å². The molecule has 4 amide bonds. The summed E-state index contributed by atoms with van der Waals surface area (Å²) in [6, 6.07) is 2.37. The summed E-state index contributed by atoms with van der Waals surface area (Å²) in [6.45, 7) is 8.89. The molecule has 0 radical (unpaired) electrons. The highest BCUT2D eigenvalue weighted by Gasteiger charge is 2.46. The molecule has 1 saturated heterocycles. The first-order valence-corrected chi connectivity index (χ1v) is 11.7. The summed E-state index contributed by atoms with van der Waals surface area (Å²) >= 11 is 0. The fourth-order valence-electron chi connectivity index (χ4n) is 3.48. The van der Waals surface area contributed by atoms with Gasteiger partial charge in [0.2, 0.25) is 11.8 Å². The van der Waals surface area contributed by atoms with Crippen molar-refractivity contribution in [2.45, 2.75) is 59.3 Å². The Morgan fingerprint density at radius 3 is 1.41 bits per heavy atom. The van der Waals surface area contributed by atoms with Gasteiger partial charge in [-0.05, 0) is 29.8 Å². The lowest BCUT2D eigenvalue weighted by Crippen LogP contribution is -2.59. The van der Waals surface area contributed by atoms with Crippen molar-refractivity contribution in [1.82, 2.24) is 9.80 Å². The molecular formula is C26H30F6N2O3. The first-order valence-electron chi connectivity index (χ1n) is 11.7. The van der Waals surface area contributed by atoms with E-state index in [2.05, 4.69) is 0 Å². The monoisotopic (exact) mass is 532 g/mol. The lowest BCUT2D eigenvalue weighted by molar-refractivity contribution is -0.146. The molecular weight excluding hydrogens is 502 g/mol. The third kappa shape index (κ3) is 7.80. The van der Waals surface area contributed by atoms with Gasteiger partial charge in [-0.3, -0.25) is 19.4 Å². The molecule has 2 aromatic carbocycles. The minimum absolute atomic E-state index is 0.0876. The summed E-state index contributed by atoms with van der Waals surface area (Å²) in [5.41, 5.74) is -2.22. The Morgan fingerprint density at radius 1 is 0.649 bits per heavy atom. The summed E-state index contributed by atoms with van der Waals surface area (Å²) in [6.07, 6.45) is -0.910. The number of alkyl halides is 2. The number of imide groups is 2. The van der Waals surface area contributed by atoms with Crippen molar-refractivity contribution >= 4 is 17.8 Å². The van der Waals surface area contributed by atoms with E-state index in [1.807, 2.05) is 27.7 Å². The van der Waals surface area contributed by atoms with Crippen LogP contribution in [0.4, 0.5) is 31.1 Å². The minimum Gasteiger partial charge on any atom is -0.274 e. The number of nitrogens with zero attached hydrogens (tertiary/aromatic N) is 2. The van der Waals surface area contributed by atoms with Crippen LogP contribution in [0.25, 0.3) is 0 Å². The molecule has 2 aromatic rings. The van der Waals surface area contributed by atoms with Crippen LogP contribution in [0, 0.1) is 23.3 Å². The zero-order valence-electron chi connectivity index (χ0n) is 21.5. The lowest BCUT2D eigenvalue weighted by Gasteiger charge is -2.38. The number of carbonyl (C=O) groups excluding carboxylic acids is 3. The van der Waals surface area contributed by atoms with E-state index in [1.54, 1.807) is 0 Å². The van der Waals surface area contributed by atoms with Crippen molar-refractivity contribution in [3.8, 4) is 0 Å². The number of barbiturate groups is 1. The van der Waals surface area contributed by atoms with E-state index in [0.29, 0.717) is 29.2 Å². The van der Waals surface area contributed by atoms with Crippen molar-refractivity contribution in [1.29, 1.82) is 0 Å². The molecule has 1 heterocycles. The predicted octanol–water partition coefficient (Wildman–Crippen LogP) is 6.55. The van der Waals surface area contributed by atoms with E-state index in [-0.39, 0.29) is 10.5 Å². The second-order valence-corrected chi connectivity index (χ2v) is 8.32. The third-order valence-corrected chi connectivity index (χ3v) is 5.21. The van der Waals surface area contributed by atoms with Crippen LogP contribution < -0.4 is 0 Å². The van der Waals surface area contributed by atoms with Crippen molar-refractivity contribution in [3.63, 3.8) is 0 Å². The molecule has 1 aliphatic rings. The maximum atomic E-state index is 14.7. The van der Waals surface area contributed by atoms with E-state index in [1.165, 1.54) is 13.8 Å². The summed E-state index contributed by atoms with van der Waals surface area (Å²) in [4.78, 5) is 38.0. The standard InChI is InChI=1S/C22H18F6N2O3.2C2H6/c1-21(2,12-3-14(23)7-15(24)4-12)10-29-18(31)9-19(32)30(20(29)33)11-22(27,28)13-5-16(25)8-17(26)6-13;2*1-2/h3-8H,9-11H2,1-2H3;2*1-2H3. The van der Waals surface area contributed by atoms with Gasteiger partial charge in [-0.2, -0.15) is 8.78 Å². The van der Waals surface area contributed by atoms with Gasteiger partial charge in [-0.15, -0.1) is 0 Å². The van der Waals surface area contributed by atoms with E-state index in [0.717, 1.165) is 12.1 Å². The second kappa shape index (κ2) is 12.7. The van der Waals surface area contributed by atoms with Crippen LogP contribution in [-0.4, -0.2) is 40.7 Å². The molecule has 0 spiro atoms. The number of halogens is 6. The van der Waals surface area contributed by atoms with Crippen LogP contribution >= 0.6 is 0 Å². The Morgan fingerprint density at radius 2 is 1.00 bits per heavy atom. The third-order valence-electron chi connectivity index (χ3n) is 5.21. The summed E-state index contributed by atoms with van der Waals surface area (Å²) in [5, 5.41) is 0. The van der Waals surface area contributed by atoms with E-state index < -0.39 is 77.5 Å². The summed E-state index contributed by atoms with van der Waals surface area (Å²) in [7, 11) is 0. The molecule has 1 aliphatic heterocycles. The number of hydrogen-bond donors (Lipinski definition) is 0. The van der Waals surface area contributed by atoms with E-state index in [4.69, 9.17) is 0 Å². The highest BCUT2D eigenvalue weighted by molar-refractivity contribution is 6.14. The van der Waals surface area contributed by atoms with Gasteiger partial charge in [0, 0.05) is 29.7 Å². The van der Waals surface area contributed by atoms with Crippen molar-refractivity contribution in [2.24, 2.45) is 0 Å². The van der Waals surface area contributed by atoms with E-state index in [9.17, 15) is 40.7 Å². The van der Waals surface area contributed by atoms with Crippen LogP contribution in [-0.2, 0) is 20.9 Å².